The minimum Gasteiger partial charge on any atom is -0.465 e. The van der Waals surface area contributed by atoms with Crippen LogP contribution in [0.3, 0.4) is 0 Å². The van der Waals surface area contributed by atoms with Crippen molar-refractivity contribution in [1.29, 1.82) is 0 Å². The molecular weight excluding hydrogens is 489 g/mol. The molecule has 186 valence electrons. The molecule has 3 aromatic rings. The highest BCUT2D eigenvalue weighted by molar-refractivity contribution is 7.70. The molecule has 1 aliphatic carbocycles. The van der Waals surface area contributed by atoms with Crippen molar-refractivity contribution in [3.8, 4) is 11.3 Å². The molecule has 0 bridgehead atoms. The zero-order chi connectivity index (χ0) is 25.3. The highest BCUT2D eigenvalue weighted by atomic mass is 31.2. The molecule has 0 atom stereocenters. The predicted molar refractivity (Wildman–Crippen MR) is 122 cm³/mol. The third kappa shape index (κ3) is 4.03. The summed E-state index contributed by atoms with van der Waals surface area (Å²) < 4.78 is 68.6. The van der Waals surface area contributed by atoms with E-state index in [0.717, 1.165) is 6.07 Å². The number of anilines is 1. The largest absolute Gasteiger partial charge is 0.465 e. The van der Waals surface area contributed by atoms with Crippen LogP contribution in [-0.4, -0.2) is 63.5 Å². The third-order valence-electron chi connectivity index (χ3n) is 6.68. The Morgan fingerprint density at radius 3 is 2.57 bits per heavy atom. The lowest BCUT2D eigenvalue weighted by atomic mass is 9.61. The van der Waals surface area contributed by atoms with Crippen LogP contribution in [0.15, 0.2) is 24.5 Å². The molecule has 0 radical (unpaired) electrons. The number of halogens is 4. The van der Waals surface area contributed by atoms with E-state index in [1.54, 1.807) is 0 Å². The SMILES string of the molecule is CP(C)(=O)c1c(F)ccc2c(-c3nc(NC4CC5(C4)CN(C(=O)O)C5)ncc3C(F)(F)F)c[nH]c12. The third-order valence-corrected chi connectivity index (χ3v) is 8.20. The Balaban J connectivity index is 1.48. The van der Waals surface area contributed by atoms with Gasteiger partial charge in [-0.05, 0) is 38.3 Å². The Hall–Kier alpha value is -3.14. The summed E-state index contributed by atoms with van der Waals surface area (Å²) >= 11 is 0. The molecule has 3 N–H and O–H groups in total. The van der Waals surface area contributed by atoms with Crippen LogP contribution in [0.1, 0.15) is 18.4 Å². The van der Waals surface area contributed by atoms with E-state index in [0.29, 0.717) is 32.1 Å². The van der Waals surface area contributed by atoms with Crippen LogP contribution < -0.4 is 10.6 Å². The van der Waals surface area contributed by atoms with Crippen molar-refractivity contribution in [2.75, 3.05) is 31.7 Å². The zero-order valence-electron chi connectivity index (χ0n) is 18.8. The Bertz CT molecular complexity index is 1390. The van der Waals surface area contributed by atoms with Gasteiger partial charge in [-0.1, -0.05) is 0 Å². The first-order valence-electron chi connectivity index (χ1n) is 10.8. The van der Waals surface area contributed by atoms with E-state index >= 15 is 0 Å². The van der Waals surface area contributed by atoms with Crippen LogP contribution in [0, 0.1) is 11.2 Å². The van der Waals surface area contributed by atoms with Crippen molar-refractivity contribution in [3.63, 3.8) is 0 Å². The van der Waals surface area contributed by atoms with E-state index in [4.69, 9.17) is 5.11 Å². The number of nitrogens with one attached hydrogen (secondary N) is 2. The van der Waals surface area contributed by atoms with E-state index in [2.05, 4.69) is 20.3 Å². The van der Waals surface area contributed by atoms with Crippen LogP contribution >= 0.6 is 7.14 Å². The molecule has 2 aliphatic rings. The van der Waals surface area contributed by atoms with Crippen LogP contribution in [-0.2, 0) is 10.7 Å². The standard InChI is InChI=1S/C22H22F4N5O3P/c1-35(2,34)18-15(23)4-3-12-13(7-27-17(12)18)16-14(22(24,25)26)8-28-19(30-16)29-11-5-21(6-11)9-31(10-21)20(32)33/h3-4,7-8,11,27H,5-6,9-10H2,1-2H3,(H,32,33)(H,28,29,30). The van der Waals surface area contributed by atoms with Gasteiger partial charge in [0, 0.05) is 47.9 Å². The van der Waals surface area contributed by atoms with Crippen molar-refractivity contribution in [2.45, 2.75) is 25.1 Å². The number of benzene rings is 1. The van der Waals surface area contributed by atoms with Crippen molar-refractivity contribution in [3.05, 3.63) is 35.9 Å². The summed E-state index contributed by atoms with van der Waals surface area (Å²) in [5.41, 5.74) is -1.27. The Kier molecular flexibility index (Phi) is 5.18. The van der Waals surface area contributed by atoms with Crippen LogP contribution in [0.5, 0.6) is 0 Å². The minimum absolute atomic E-state index is 0.00982. The first-order chi connectivity index (χ1) is 16.3. The van der Waals surface area contributed by atoms with Gasteiger partial charge in [-0.15, -0.1) is 0 Å². The van der Waals surface area contributed by atoms with Gasteiger partial charge in [0.2, 0.25) is 5.95 Å². The minimum atomic E-state index is -4.74. The van der Waals surface area contributed by atoms with Crippen molar-refractivity contribution < 1.29 is 32.0 Å². The molecule has 3 heterocycles. The summed E-state index contributed by atoms with van der Waals surface area (Å²) in [6.07, 6.45) is -2.37. The molecule has 13 heteroatoms. The number of aromatic nitrogens is 3. The number of carbonyl (C=O) groups is 1. The van der Waals surface area contributed by atoms with E-state index in [9.17, 15) is 26.9 Å². The van der Waals surface area contributed by atoms with Gasteiger partial charge in [0.25, 0.3) is 0 Å². The van der Waals surface area contributed by atoms with Gasteiger partial charge < -0.3 is 24.9 Å². The number of aromatic amines is 1. The first kappa shape index (κ1) is 23.6. The molecule has 1 saturated carbocycles. The molecule has 8 nitrogen and oxygen atoms in total. The number of fused-ring (bicyclic) bond motifs is 1. The molecule has 2 aromatic heterocycles. The number of likely N-dealkylation sites (tertiary alicyclic amines) is 1. The highest BCUT2D eigenvalue weighted by Gasteiger charge is 2.54. The summed E-state index contributed by atoms with van der Waals surface area (Å²) in [7, 11) is -3.08. The fraction of sp³-hybridized carbons (Fsp3) is 0.409. The maximum Gasteiger partial charge on any atom is 0.419 e. The summed E-state index contributed by atoms with van der Waals surface area (Å²) in [5.74, 6) is -0.688. The monoisotopic (exact) mass is 511 g/mol. The number of carboxylic acid groups (broad SMARTS) is 1. The van der Waals surface area contributed by atoms with Gasteiger partial charge in [0.1, 0.15) is 18.5 Å². The molecule has 0 unspecified atom stereocenters. The predicted octanol–water partition coefficient (Wildman–Crippen LogP) is 4.59. The fourth-order valence-corrected chi connectivity index (χ4v) is 6.48. The number of alkyl halides is 3. The second kappa shape index (κ2) is 7.68. The average molecular weight is 511 g/mol. The van der Waals surface area contributed by atoms with Gasteiger partial charge in [-0.25, -0.2) is 19.2 Å². The van der Waals surface area contributed by atoms with Crippen LogP contribution in [0.25, 0.3) is 22.2 Å². The van der Waals surface area contributed by atoms with E-state index in [-0.39, 0.29) is 44.9 Å². The van der Waals surface area contributed by atoms with E-state index < -0.39 is 30.8 Å². The molecule has 2 fully saturated rings. The number of hydrogen-bond donors (Lipinski definition) is 3. The Morgan fingerprint density at radius 1 is 1.29 bits per heavy atom. The van der Waals surface area contributed by atoms with Gasteiger partial charge in [-0.3, -0.25) is 0 Å². The van der Waals surface area contributed by atoms with Gasteiger partial charge >= 0.3 is 12.3 Å². The Morgan fingerprint density at radius 2 is 1.97 bits per heavy atom. The molecule has 1 amide bonds. The number of hydrogen-bond acceptors (Lipinski definition) is 5. The zero-order valence-corrected chi connectivity index (χ0v) is 19.7. The summed E-state index contributed by atoms with van der Waals surface area (Å²) in [6, 6.07) is 2.34. The molecular formula is C22H22F4N5O3P. The highest BCUT2D eigenvalue weighted by Crippen LogP contribution is 2.49. The van der Waals surface area contributed by atoms with Crippen molar-refractivity contribution in [1.82, 2.24) is 19.9 Å². The number of amides is 1. The van der Waals surface area contributed by atoms with E-state index in [1.807, 2.05) is 0 Å². The lowest BCUT2D eigenvalue weighted by Crippen LogP contribution is -2.66. The first-order valence-corrected chi connectivity index (χ1v) is 13.4. The maximum atomic E-state index is 14.5. The van der Waals surface area contributed by atoms with Crippen molar-refractivity contribution in [2.24, 2.45) is 5.41 Å². The lowest BCUT2D eigenvalue weighted by Gasteiger charge is -2.58. The molecule has 1 aromatic carbocycles. The second-order valence-corrected chi connectivity index (χ2v) is 12.9. The molecule has 35 heavy (non-hydrogen) atoms. The van der Waals surface area contributed by atoms with Gasteiger partial charge in [0.15, 0.2) is 0 Å². The number of H-pyrrole nitrogens is 1. The number of nitrogens with zero attached hydrogens (tertiary/aromatic N) is 3. The average Bonchev–Trinajstić information content (AvgIpc) is 3.09. The molecule has 1 aliphatic heterocycles. The summed E-state index contributed by atoms with van der Waals surface area (Å²) in [4.78, 5) is 23.1. The normalized spacial score (nSPS) is 17.9. The van der Waals surface area contributed by atoms with Gasteiger partial charge in [-0.2, -0.15) is 13.2 Å². The number of rotatable bonds is 4. The maximum absolute atomic E-state index is 14.5. The van der Waals surface area contributed by atoms with Gasteiger partial charge in [0.05, 0.1) is 16.5 Å². The second-order valence-electron chi connectivity index (χ2n) is 9.71. The molecule has 1 saturated heterocycles. The molecule has 1 spiro atoms. The smallest absolute Gasteiger partial charge is 0.419 e. The van der Waals surface area contributed by atoms with Crippen LogP contribution in [0.4, 0.5) is 28.3 Å². The van der Waals surface area contributed by atoms with Crippen molar-refractivity contribution >= 4 is 35.4 Å². The lowest BCUT2D eigenvalue weighted by molar-refractivity contribution is -0.137. The summed E-state index contributed by atoms with van der Waals surface area (Å²) in [6.45, 7) is 3.66. The molecule has 5 rings (SSSR count). The summed E-state index contributed by atoms with van der Waals surface area (Å²) in [5, 5.41) is 12.3. The van der Waals surface area contributed by atoms with Crippen LogP contribution in [0.2, 0.25) is 0 Å². The topological polar surface area (TPSA) is 111 Å². The van der Waals surface area contributed by atoms with E-state index in [1.165, 1.54) is 30.5 Å². The Labute approximate surface area is 197 Å². The quantitative estimate of drug-likeness (QED) is 0.349. The fourth-order valence-electron chi connectivity index (χ4n) is 5.17.